The van der Waals surface area contributed by atoms with Crippen LogP contribution in [0.1, 0.15) is 25.3 Å². The maximum Gasteiger partial charge on any atom is 0.134 e. The Kier molecular flexibility index (Phi) is 5.25. The van der Waals surface area contributed by atoms with Gasteiger partial charge in [-0.1, -0.05) is 13.0 Å². The second kappa shape index (κ2) is 6.73. The molecule has 1 aromatic rings. The Labute approximate surface area is 123 Å². The van der Waals surface area contributed by atoms with E-state index in [-0.39, 0.29) is 12.2 Å². The van der Waals surface area contributed by atoms with E-state index in [4.69, 9.17) is 9.47 Å². The number of benzene rings is 1. The third-order valence-electron chi connectivity index (χ3n) is 3.50. The first-order valence-electron chi connectivity index (χ1n) is 6.87. The monoisotopic (exact) mass is 327 g/mol. The summed E-state index contributed by atoms with van der Waals surface area (Å²) in [4.78, 5) is 0. The second-order valence-corrected chi connectivity index (χ2v) is 5.91. The van der Waals surface area contributed by atoms with Crippen LogP contribution in [0.15, 0.2) is 22.7 Å². The van der Waals surface area contributed by atoms with Gasteiger partial charge in [0.15, 0.2) is 0 Å². The molecule has 0 aliphatic heterocycles. The summed E-state index contributed by atoms with van der Waals surface area (Å²) in [6.07, 6.45) is 2.32. The summed E-state index contributed by atoms with van der Waals surface area (Å²) in [5.74, 6) is 0.898. The Morgan fingerprint density at radius 3 is 2.84 bits per heavy atom. The summed E-state index contributed by atoms with van der Waals surface area (Å²) in [6.45, 7) is 4.99. The lowest BCUT2D eigenvalue weighted by atomic mass is 9.85. The quantitative estimate of drug-likeness (QED) is 0.869. The van der Waals surface area contributed by atoms with Crippen LogP contribution in [0.4, 0.5) is 0 Å². The van der Waals surface area contributed by atoms with E-state index < -0.39 is 0 Å². The topological polar surface area (TPSA) is 30.5 Å². The first-order chi connectivity index (χ1) is 9.15. The van der Waals surface area contributed by atoms with Crippen molar-refractivity contribution in [1.29, 1.82) is 0 Å². The molecule has 4 heteroatoms. The van der Waals surface area contributed by atoms with Crippen molar-refractivity contribution in [3.8, 4) is 5.75 Å². The van der Waals surface area contributed by atoms with Gasteiger partial charge in [0.1, 0.15) is 18.0 Å². The van der Waals surface area contributed by atoms with Gasteiger partial charge in [0, 0.05) is 19.1 Å². The van der Waals surface area contributed by atoms with Crippen molar-refractivity contribution in [3.63, 3.8) is 0 Å². The zero-order chi connectivity index (χ0) is 13.8. The SMILES string of the molecule is CCCOC1C(NC)CC1Oc1ccc(C)cc1Br. The minimum Gasteiger partial charge on any atom is -0.486 e. The van der Waals surface area contributed by atoms with Crippen molar-refractivity contribution in [3.05, 3.63) is 28.2 Å². The average Bonchev–Trinajstić information content (AvgIpc) is 2.36. The molecule has 0 spiro atoms. The lowest BCUT2D eigenvalue weighted by Gasteiger charge is -2.43. The fourth-order valence-electron chi connectivity index (χ4n) is 2.32. The van der Waals surface area contributed by atoms with Gasteiger partial charge in [-0.05, 0) is 54.0 Å². The molecule has 3 unspecified atom stereocenters. The van der Waals surface area contributed by atoms with Gasteiger partial charge in [0.05, 0.1) is 4.47 Å². The Bertz CT molecular complexity index is 425. The number of aryl methyl sites for hydroxylation is 1. The molecule has 2 rings (SSSR count). The van der Waals surface area contributed by atoms with Crippen LogP contribution in [-0.4, -0.2) is 31.9 Å². The van der Waals surface area contributed by atoms with Gasteiger partial charge in [-0.3, -0.25) is 0 Å². The maximum absolute atomic E-state index is 6.07. The zero-order valence-electron chi connectivity index (χ0n) is 11.8. The summed E-state index contributed by atoms with van der Waals surface area (Å²) >= 11 is 3.55. The molecule has 0 aromatic heterocycles. The van der Waals surface area contributed by atoms with Crippen molar-refractivity contribution < 1.29 is 9.47 Å². The molecule has 0 saturated heterocycles. The summed E-state index contributed by atoms with van der Waals surface area (Å²) in [5, 5.41) is 3.28. The molecule has 1 aliphatic rings. The first-order valence-corrected chi connectivity index (χ1v) is 7.66. The molecule has 1 N–H and O–H groups in total. The number of nitrogens with one attached hydrogen (secondary N) is 1. The molecule has 106 valence electrons. The highest BCUT2D eigenvalue weighted by atomic mass is 79.9. The number of likely N-dealkylation sites (N-methyl/N-ethyl adjacent to an activating group) is 1. The largest absolute Gasteiger partial charge is 0.486 e. The van der Waals surface area contributed by atoms with Gasteiger partial charge in [-0.2, -0.15) is 0 Å². The van der Waals surface area contributed by atoms with Crippen LogP contribution in [0.5, 0.6) is 5.75 Å². The Hall–Kier alpha value is -0.580. The van der Waals surface area contributed by atoms with Crippen molar-refractivity contribution in [2.45, 2.75) is 44.9 Å². The Morgan fingerprint density at radius 1 is 1.42 bits per heavy atom. The van der Waals surface area contributed by atoms with Gasteiger partial charge in [0.25, 0.3) is 0 Å². The predicted molar refractivity (Wildman–Crippen MR) is 80.8 cm³/mol. The molecule has 3 nitrogen and oxygen atoms in total. The summed E-state index contributed by atoms with van der Waals surface area (Å²) in [7, 11) is 1.98. The van der Waals surface area contributed by atoms with E-state index in [1.807, 2.05) is 13.1 Å². The molecular weight excluding hydrogens is 306 g/mol. The highest BCUT2D eigenvalue weighted by Gasteiger charge is 2.43. The molecule has 19 heavy (non-hydrogen) atoms. The average molecular weight is 328 g/mol. The summed E-state index contributed by atoms with van der Waals surface area (Å²) in [6, 6.07) is 6.56. The molecule has 1 saturated carbocycles. The van der Waals surface area contributed by atoms with Crippen LogP contribution in [0, 0.1) is 6.92 Å². The van der Waals surface area contributed by atoms with E-state index >= 15 is 0 Å². The minimum atomic E-state index is 0.142. The normalized spacial score (nSPS) is 26.0. The standard InChI is InChI=1S/C15H22BrNO2/c1-4-7-18-15-12(17-3)9-14(15)19-13-6-5-10(2)8-11(13)16/h5-6,8,12,14-15,17H,4,7,9H2,1-3H3. The van der Waals surface area contributed by atoms with E-state index in [0.29, 0.717) is 6.04 Å². The molecule has 3 atom stereocenters. The van der Waals surface area contributed by atoms with E-state index in [2.05, 4.69) is 47.2 Å². The molecule has 1 fully saturated rings. The molecule has 0 heterocycles. The van der Waals surface area contributed by atoms with Gasteiger partial charge in [0.2, 0.25) is 0 Å². The van der Waals surface area contributed by atoms with Gasteiger partial charge < -0.3 is 14.8 Å². The zero-order valence-corrected chi connectivity index (χ0v) is 13.4. The lowest BCUT2D eigenvalue weighted by Crippen LogP contribution is -2.60. The molecule has 1 aliphatic carbocycles. The van der Waals surface area contributed by atoms with Crippen molar-refractivity contribution in [1.82, 2.24) is 5.32 Å². The van der Waals surface area contributed by atoms with Gasteiger partial charge in [-0.15, -0.1) is 0 Å². The maximum atomic E-state index is 6.07. The third-order valence-corrected chi connectivity index (χ3v) is 4.12. The van der Waals surface area contributed by atoms with Crippen LogP contribution >= 0.6 is 15.9 Å². The van der Waals surface area contributed by atoms with E-state index in [1.165, 1.54) is 5.56 Å². The Balaban J connectivity index is 1.98. The Morgan fingerprint density at radius 2 is 2.21 bits per heavy atom. The third kappa shape index (κ3) is 3.50. The molecular formula is C15H22BrNO2. The van der Waals surface area contributed by atoms with E-state index in [1.54, 1.807) is 0 Å². The van der Waals surface area contributed by atoms with E-state index in [9.17, 15) is 0 Å². The van der Waals surface area contributed by atoms with Crippen molar-refractivity contribution >= 4 is 15.9 Å². The highest BCUT2D eigenvalue weighted by Crippen LogP contribution is 2.33. The van der Waals surface area contributed by atoms with E-state index in [0.717, 1.165) is 29.7 Å². The van der Waals surface area contributed by atoms with Crippen LogP contribution in [-0.2, 0) is 4.74 Å². The van der Waals surface area contributed by atoms with Gasteiger partial charge in [-0.25, -0.2) is 0 Å². The second-order valence-electron chi connectivity index (χ2n) is 5.06. The van der Waals surface area contributed by atoms with Gasteiger partial charge >= 0.3 is 0 Å². The number of rotatable bonds is 6. The number of hydrogen-bond acceptors (Lipinski definition) is 3. The molecule has 0 radical (unpaired) electrons. The van der Waals surface area contributed by atoms with Crippen LogP contribution < -0.4 is 10.1 Å². The van der Waals surface area contributed by atoms with Crippen molar-refractivity contribution in [2.24, 2.45) is 0 Å². The number of hydrogen-bond donors (Lipinski definition) is 1. The van der Waals surface area contributed by atoms with Crippen LogP contribution in [0.25, 0.3) is 0 Å². The van der Waals surface area contributed by atoms with Crippen LogP contribution in [0.3, 0.4) is 0 Å². The molecule has 0 bridgehead atoms. The minimum absolute atomic E-state index is 0.142. The molecule has 1 aromatic carbocycles. The summed E-state index contributed by atoms with van der Waals surface area (Å²) in [5.41, 5.74) is 1.22. The predicted octanol–water partition coefficient (Wildman–Crippen LogP) is 3.29. The number of halogens is 1. The number of ether oxygens (including phenoxy) is 2. The summed E-state index contributed by atoms with van der Waals surface area (Å²) < 4.78 is 13.0. The highest BCUT2D eigenvalue weighted by molar-refractivity contribution is 9.10. The fourth-order valence-corrected chi connectivity index (χ4v) is 2.91. The van der Waals surface area contributed by atoms with Crippen molar-refractivity contribution in [2.75, 3.05) is 13.7 Å². The van der Waals surface area contributed by atoms with Crippen LogP contribution in [0.2, 0.25) is 0 Å². The fraction of sp³-hybridized carbons (Fsp3) is 0.600. The first kappa shape index (κ1) is 14.8. The lowest BCUT2D eigenvalue weighted by molar-refractivity contribution is -0.106. The molecule has 0 amide bonds. The smallest absolute Gasteiger partial charge is 0.134 e.